The summed E-state index contributed by atoms with van der Waals surface area (Å²) >= 11 is 5.83. The standard InChI is InChI=1S/C19H20ClN3O3/c1-2-5-13-6-3-8-15(18(13)25)11-22-23-17(24)12-21-19(26)14-7-4-9-16(20)10-14/h2-4,6-10,22,25H,1,5,11-12H2,(H,21,26)(H,23,24). The number of nitrogens with one attached hydrogen (secondary N) is 3. The summed E-state index contributed by atoms with van der Waals surface area (Å²) in [5.74, 6) is -0.636. The van der Waals surface area contributed by atoms with Gasteiger partial charge in [0.05, 0.1) is 6.54 Å². The molecular weight excluding hydrogens is 354 g/mol. The van der Waals surface area contributed by atoms with Crippen molar-refractivity contribution in [3.8, 4) is 5.75 Å². The van der Waals surface area contributed by atoms with Gasteiger partial charge in [-0.25, -0.2) is 5.43 Å². The van der Waals surface area contributed by atoms with Crippen LogP contribution in [0.4, 0.5) is 0 Å². The van der Waals surface area contributed by atoms with Gasteiger partial charge in [-0.1, -0.05) is 41.9 Å². The zero-order valence-electron chi connectivity index (χ0n) is 14.1. The van der Waals surface area contributed by atoms with Crippen molar-refractivity contribution in [2.45, 2.75) is 13.0 Å². The van der Waals surface area contributed by atoms with Crippen LogP contribution in [0.1, 0.15) is 21.5 Å². The fourth-order valence-corrected chi connectivity index (χ4v) is 2.47. The molecule has 2 aromatic rings. The van der Waals surface area contributed by atoms with Gasteiger partial charge in [0.15, 0.2) is 0 Å². The molecule has 0 radical (unpaired) electrons. The quantitative estimate of drug-likeness (QED) is 0.422. The molecule has 6 nitrogen and oxygen atoms in total. The summed E-state index contributed by atoms with van der Waals surface area (Å²) in [5, 5.41) is 13.1. The van der Waals surface area contributed by atoms with Crippen LogP contribution in [0.15, 0.2) is 55.1 Å². The highest BCUT2D eigenvalue weighted by atomic mass is 35.5. The van der Waals surface area contributed by atoms with Crippen LogP contribution < -0.4 is 16.2 Å². The Balaban J connectivity index is 1.78. The molecule has 0 saturated heterocycles. The van der Waals surface area contributed by atoms with Gasteiger partial charge in [-0.05, 0) is 30.2 Å². The third-order valence-corrected chi connectivity index (χ3v) is 3.81. The van der Waals surface area contributed by atoms with Crippen LogP contribution in [-0.2, 0) is 17.8 Å². The van der Waals surface area contributed by atoms with Crippen molar-refractivity contribution < 1.29 is 14.7 Å². The van der Waals surface area contributed by atoms with Crippen LogP contribution in [0, 0.1) is 0 Å². The zero-order valence-corrected chi connectivity index (χ0v) is 14.8. The second-order valence-electron chi connectivity index (χ2n) is 5.51. The molecule has 0 heterocycles. The van der Waals surface area contributed by atoms with E-state index in [0.29, 0.717) is 22.6 Å². The van der Waals surface area contributed by atoms with E-state index in [1.807, 2.05) is 12.1 Å². The predicted molar refractivity (Wildman–Crippen MR) is 101 cm³/mol. The number of hydrogen-bond acceptors (Lipinski definition) is 4. The Kier molecular flexibility index (Phi) is 7.20. The van der Waals surface area contributed by atoms with Crippen LogP contribution in [0.3, 0.4) is 0 Å². The summed E-state index contributed by atoms with van der Waals surface area (Å²) in [4.78, 5) is 23.7. The molecule has 136 valence electrons. The Morgan fingerprint density at radius 1 is 1.15 bits per heavy atom. The molecule has 2 amide bonds. The minimum absolute atomic E-state index is 0.170. The number of para-hydroxylation sites is 1. The Morgan fingerprint density at radius 2 is 1.88 bits per heavy atom. The summed E-state index contributed by atoms with van der Waals surface area (Å²) in [5.41, 5.74) is 6.98. The number of hydrazine groups is 1. The lowest BCUT2D eigenvalue weighted by molar-refractivity contribution is -0.121. The van der Waals surface area contributed by atoms with Crippen LogP contribution >= 0.6 is 11.6 Å². The lowest BCUT2D eigenvalue weighted by atomic mass is 10.1. The van der Waals surface area contributed by atoms with E-state index in [0.717, 1.165) is 5.56 Å². The number of allylic oxidation sites excluding steroid dienone is 1. The van der Waals surface area contributed by atoms with E-state index in [4.69, 9.17) is 11.6 Å². The number of phenols is 1. The highest BCUT2D eigenvalue weighted by molar-refractivity contribution is 6.30. The summed E-state index contributed by atoms with van der Waals surface area (Å²) < 4.78 is 0. The van der Waals surface area contributed by atoms with Crippen molar-refractivity contribution in [3.05, 3.63) is 76.8 Å². The van der Waals surface area contributed by atoms with Gasteiger partial charge in [0.2, 0.25) is 0 Å². The molecular formula is C19H20ClN3O3. The highest BCUT2D eigenvalue weighted by Gasteiger charge is 2.09. The smallest absolute Gasteiger partial charge is 0.253 e. The molecule has 0 aliphatic carbocycles. The average molecular weight is 374 g/mol. The molecule has 0 saturated carbocycles. The van der Waals surface area contributed by atoms with E-state index >= 15 is 0 Å². The number of amides is 2. The van der Waals surface area contributed by atoms with Crippen molar-refractivity contribution in [2.24, 2.45) is 0 Å². The van der Waals surface area contributed by atoms with E-state index in [9.17, 15) is 14.7 Å². The topological polar surface area (TPSA) is 90.5 Å². The first-order valence-corrected chi connectivity index (χ1v) is 8.35. The maximum atomic E-state index is 11.9. The van der Waals surface area contributed by atoms with Crippen LogP contribution in [0.2, 0.25) is 5.02 Å². The fraction of sp³-hybridized carbons (Fsp3) is 0.158. The molecule has 7 heteroatoms. The number of phenolic OH excluding ortho intramolecular Hbond substituents is 1. The second kappa shape index (κ2) is 9.60. The van der Waals surface area contributed by atoms with Crippen molar-refractivity contribution in [1.29, 1.82) is 0 Å². The lowest BCUT2D eigenvalue weighted by Crippen LogP contribution is -2.43. The SMILES string of the molecule is C=CCc1cccc(CNNC(=O)CNC(=O)c2cccc(Cl)c2)c1O. The third-order valence-electron chi connectivity index (χ3n) is 3.57. The zero-order chi connectivity index (χ0) is 18.9. The summed E-state index contributed by atoms with van der Waals surface area (Å²) in [6.45, 7) is 3.70. The number of rotatable bonds is 8. The van der Waals surface area contributed by atoms with Crippen LogP contribution in [-0.4, -0.2) is 23.5 Å². The first-order valence-electron chi connectivity index (χ1n) is 7.97. The Bertz CT molecular complexity index is 808. The van der Waals surface area contributed by atoms with Crippen LogP contribution in [0.5, 0.6) is 5.75 Å². The molecule has 0 unspecified atom stereocenters. The maximum Gasteiger partial charge on any atom is 0.253 e. The number of aromatic hydroxyl groups is 1. The third kappa shape index (κ3) is 5.61. The number of benzene rings is 2. The van der Waals surface area contributed by atoms with Gasteiger partial charge in [0, 0.05) is 22.7 Å². The van der Waals surface area contributed by atoms with Gasteiger partial charge in [0.25, 0.3) is 11.8 Å². The summed E-state index contributed by atoms with van der Waals surface area (Å²) in [6.07, 6.45) is 2.26. The van der Waals surface area contributed by atoms with Gasteiger partial charge in [-0.2, -0.15) is 0 Å². The molecule has 2 aromatic carbocycles. The molecule has 2 rings (SSSR count). The normalized spacial score (nSPS) is 10.2. The van der Waals surface area contributed by atoms with Gasteiger partial charge >= 0.3 is 0 Å². The number of halogens is 1. The van der Waals surface area contributed by atoms with Gasteiger partial charge < -0.3 is 10.4 Å². The van der Waals surface area contributed by atoms with Gasteiger partial charge in [-0.15, -0.1) is 6.58 Å². The van der Waals surface area contributed by atoms with E-state index in [1.54, 1.807) is 30.3 Å². The van der Waals surface area contributed by atoms with Gasteiger partial charge in [0.1, 0.15) is 5.75 Å². The number of carbonyl (C=O) groups excluding carboxylic acids is 2. The Hall–Kier alpha value is -2.83. The van der Waals surface area contributed by atoms with E-state index < -0.39 is 11.8 Å². The molecule has 0 aliphatic heterocycles. The number of carbonyl (C=O) groups is 2. The van der Waals surface area contributed by atoms with Crippen molar-refractivity contribution in [3.63, 3.8) is 0 Å². The van der Waals surface area contributed by atoms with E-state index in [-0.39, 0.29) is 18.8 Å². The van der Waals surface area contributed by atoms with Crippen molar-refractivity contribution >= 4 is 23.4 Å². The molecule has 0 bridgehead atoms. The molecule has 0 aromatic heterocycles. The average Bonchev–Trinajstić information content (AvgIpc) is 2.63. The van der Waals surface area contributed by atoms with E-state index in [2.05, 4.69) is 22.7 Å². The van der Waals surface area contributed by atoms with Gasteiger partial charge in [-0.3, -0.25) is 15.0 Å². The highest BCUT2D eigenvalue weighted by Crippen LogP contribution is 2.22. The minimum atomic E-state index is -0.415. The summed E-state index contributed by atoms with van der Waals surface area (Å²) in [6, 6.07) is 11.8. The first-order chi connectivity index (χ1) is 12.5. The van der Waals surface area contributed by atoms with Crippen molar-refractivity contribution in [2.75, 3.05) is 6.54 Å². The molecule has 0 spiro atoms. The molecule has 26 heavy (non-hydrogen) atoms. The second-order valence-corrected chi connectivity index (χ2v) is 5.95. The monoisotopic (exact) mass is 373 g/mol. The Morgan fingerprint density at radius 3 is 2.62 bits per heavy atom. The maximum absolute atomic E-state index is 11.9. The molecule has 4 N–H and O–H groups in total. The van der Waals surface area contributed by atoms with E-state index in [1.165, 1.54) is 6.07 Å². The first kappa shape index (κ1) is 19.5. The fourth-order valence-electron chi connectivity index (χ4n) is 2.28. The predicted octanol–water partition coefficient (Wildman–Crippen LogP) is 2.32. The number of hydrogen-bond donors (Lipinski definition) is 4. The minimum Gasteiger partial charge on any atom is -0.507 e. The summed E-state index contributed by atoms with van der Waals surface area (Å²) in [7, 11) is 0. The molecule has 0 atom stereocenters. The Labute approximate surface area is 156 Å². The largest absolute Gasteiger partial charge is 0.507 e. The molecule has 0 fully saturated rings. The van der Waals surface area contributed by atoms with Crippen molar-refractivity contribution in [1.82, 2.24) is 16.2 Å². The lowest BCUT2D eigenvalue weighted by Gasteiger charge is -2.11. The molecule has 0 aliphatic rings. The van der Waals surface area contributed by atoms with Crippen LogP contribution in [0.25, 0.3) is 0 Å².